The van der Waals surface area contributed by atoms with Crippen LogP contribution in [0.3, 0.4) is 0 Å². The fourth-order valence-electron chi connectivity index (χ4n) is 2.92. The minimum absolute atomic E-state index is 0.194. The van der Waals surface area contributed by atoms with Gasteiger partial charge in [-0.1, -0.05) is 53.9 Å². The molecule has 7 heteroatoms. The maximum Gasteiger partial charge on any atom is 0.354 e. The Morgan fingerprint density at radius 1 is 1.08 bits per heavy atom. The summed E-state index contributed by atoms with van der Waals surface area (Å²) in [5.74, 6) is -0.653. The molecule has 0 bridgehead atoms. The molecule has 2 atom stereocenters. The fraction of sp³-hybridized carbons (Fsp3) is 0.222. The van der Waals surface area contributed by atoms with E-state index in [2.05, 4.69) is 5.10 Å². The largest absolute Gasteiger partial charge is 0.464 e. The highest BCUT2D eigenvalue weighted by Gasteiger charge is 2.40. The van der Waals surface area contributed by atoms with Gasteiger partial charge in [-0.15, -0.1) is 0 Å². The molecule has 0 spiro atoms. The summed E-state index contributed by atoms with van der Waals surface area (Å²) in [6, 6.07) is 12.4. The number of halogens is 3. The molecule has 0 aromatic heterocycles. The Bertz CT molecular complexity index is 837. The fourth-order valence-corrected chi connectivity index (χ4v) is 3.54. The van der Waals surface area contributed by atoms with Gasteiger partial charge in [-0.2, -0.15) is 5.10 Å². The van der Waals surface area contributed by atoms with Crippen LogP contribution in [-0.4, -0.2) is 18.8 Å². The van der Waals surface area contributed by atoms with Crippen molar-refractivity contribution in [1.82, 2.24) is 0 Å². The van der Waals surface area contributed by atoms with E-state index in [1.807, 2.05) is 19.1 Å². The summed E-state index contributed by atoms with van der Waals surface area (Å²) in [5.41, 5.74) is 1.97. The molecular formula is C18H15Cl3N2O2. The molecule has 130 valence electrons. The van der Waals surface area contributed by atoms with E-state index < -0.39 is 5.97 Å². The van der Waals surface area contributed by atoms with E-state index in [-0.39, 0.29) is 12.0 Å². The van der Waals surface area contributed by atoms with Gasteiger partial charge in [-0.25, -0.2) is 4.79 Å². The molecule has 2 aromatic carbocycles. The van der Waals surface area contributed by atoms with E-state index in [1.54, 1.807) is 35.3 Å². The second kappa shape index (κ2) is 7.24. The van der Waals surface area contributed by atoms with Crippen LogP contribution in [0.1, 0.15) is 18.5 Å². The minimum atomic E-state index is -0.459. The third kappa shape index (κ3) is 3.47. The molecule has 0 saturated carbocycles. The van der Waals surface area contributed by atoms with Crippen molar-refractivity contribution in [1.29, 1.82) is 0 Å². The molecule has 0 N–H and O–H groups in total. The molecule has 1 aliphatic rings. The molecule has 25 heavy (non-hydrogen) atoms. The lowest BCUT2D eigenvalue weighted by atomic mass is 9.91. The van der Waals surface area contributed by atoms with Crippen molar-refractivity contribution in [2.24, 2.45) is 11.0 Å². The lowest BCUT2D eigenvalue weighted by Gasteiger charge is -2.27. The summed E-state index contributed by atoms with van der Waals surface area (Å²) in [6.07, 6.45) is 0. The van der Waals surface area contributed by atoms with Crippen molar-refractivity contribution in [2.45, 2.75) is 13.0 Å². The smallest absolute Gasteiger partial charge is 0.354 e. The molecule has 4 nitrogen and oxygen atoms in total. The Morgan fingerprint density at radius 3 is 2.32 bits per heavy atom. The number of carbonyl (C=O) groups is 1. The van der Waals surface area contributed by atoms with E-state index in [0.717, 1.165) is 5.56 Å². The number of hydrazone groups is 1. The summed E-state index contributed by atoms with van der Waals surface area (Å²) in [7, 11) is 1.34. The van der Waals surface area contributed by atoms with Crippen molar-refractivity contribution in [3.05, 3.63) is 63.1 Å². The maximum absolute atomic E-state index is 12.1. The predicted octanol–water partition coefficient (Wildman–Crippen LogP) is 5.37. The van der Waals surface area contributed by atoms with Crippen LogP contribution in [0.2, 0.25) is 15.1 Å². The number of anilines is 1. The van der Waals surface area contributed by atoms with Crippen LogP contribution in [0.25, 0.3) is 0 Å². The van der Waals surface area contributed by atoms with Gasteiger partial charge in [-0.3, -0.25) is 5.01 Å². The topological polar surface area (TPSA) is 41.9 Å². The molecule has 0 saturated heterocycles. The Hall–Kier alpha value is -1.75. The molecule has 1 heterocycles. The Morgan fingerprint density at radius 2 is 1.72 bits per heavy atom. The average molecular weight is 398 g/mol. The van der Waals surface area contributed by atoms with Crippen LogP contribution >= 0.6 is 34.8 Å². The van der Waals surface area contributed by atoms with Gasteiger partial charge in [0, 0.05) is 16.0 Å². The molecule has 0 aliphatic carbocycles. The standard InChI is InChI=1S/C18H15Cl3N2O2/c1-10-16(18(24)25-2)22-23(15-8-7-13(20)9-14(15)21)17(10)11-3-5-12(19)6-4-11/h3-10,17H,1-2H3/t10-,17+/m1/s1. The van der Waals surface area contributed by atoms with Gasteiger partial charge in [0.25, 0.3) is 0 Å². The minimum Gasteiger partial charge on any atom is -0.464 e. The first-order chi connectivity index (χ1) is 11.9. The zero-order valence-electron chi connectivity index (χ0n) is 13.5. The van der Waals surface area contributed by atoms with E-state index in [1.165, 1.54) is 7.11 Å². The maximum atomic E-state index is 12.1. The molecular weight excluding hydrogens is 383 g/mol. The molecule has 0 fully saturated rings. The summed E-state index contributed by atoms with van der Waals surface area (Å²) in [5, 5.41) is 7.85. The van der Waals surface area contributed by atoms with E-state index in [9.17, 15) is 4.79 Å². The predicted molar refractivity (Wildman–Crippen MR) is 102 cm³/mol. The second-order valence-electron chi connectivity index (χ2n) is 5.70. The summed E-state index contributed by atoms with van der Waals surface area (Å²) >= 11 is 18.4. The first-order valence-electron chi connectivity index (χ1n) is 7.59. The number of nitrogens with zero attached hydrogens (tertiary/aromatic N) is 2. The third-order valence-electron chi connectivity index (χ3n) is 4.15. The zero-order chi connectivity index (χ0) is 18.1. The van der Waals surface area contributed by atoms with Gasteiger partial charge in [0.1, 0.15) is 0 Å². The van der Waals surface area contributed by atoms with Gasteiger partial charge in [-0.05, 0) is 35.9 Å². The third-order valence-corrected chi connectivity index (χ3v) is 4.94. The number of ether oxygens (including phenoxy) is 1. The summed E-state index contributed by atoms with van der Waals surface area (Å²) in [4.78, 5) is 12.1. The lowest BCUT2D eigenvalue weighted by molar-refractivity contribution is -0.133. The highest BCUT2D eigenvalue weighted by Crippen LogP contribution is 2.42. The molecule has 0 unspecified atom stereocenters. The SMILES string of the molecule is COC(=O)C1=NN(c2ccc(Cl)cc2Cl)[C@H](c2ccc(Cl)cc2)[C@@H]1C. The van der Waals surface area contributed by atoms with Crippen LogP contribution < -0.4 is 5.01 Å². The lowest BCUT2D eigenvalue weighted by Crippen LogP contribution is -2.26. The van der Waals surface area contributed by atoms with E-state index in [0.29, 0.717) is 26.5 Å². The Labute approximate surface area is 160 Å². The number of benzene rings is 2. The van der Waals surface area contributed by atoms with Gasteiger partial charge in [0.2, 0.25) is 0 Å². The first-order valence-corrected chi connectivity index (χ1v) is 8.72. The van der Waals surface area contributed by atoms with Crippen LogP contribution in [-0.2, 0) is 9.53 Å². The second-order valence-corrected chi connectivity index (χ2v) is 6.98. The molecule has 2 aromatic rings. The van der Waals surface area contributed by atoms with E-state index in [4.69, 9.17) is 39.5 Å². The molecule has 3 rings (SSSR count). The number of methoxy groups -OCH3 is 1. The first kappa shape index (κ1) is 18.1. The number of hydrogen-bond acceptors (Lipinski definition) is 4. The van der Waals surface area contributed by atoms with Crippen LogP contribution in [0.15, 0.2) is 47.6 Å². The number of rotatable bonds is 3. The highest BCUT2D eigenvalue weighted by atomic mass is 35.5. The van der Waals surface area contributed by atoms with Crippen LogP contribution in [0.4, 0.5) is 5.69 Å². The summed E-state index contributed by atoms with van der Waals surface area (Å²) in [6.45, 7) is 1.93. The quantitative estimate of drug-likeness (QED) is 0.654. The van der Waals surface area contributed by atoms with Crippen LogP contribution in [0, 0.1) is 5.92 Å². The van der Waals surface area contributed by atoms with Crippen molar-refractivity contribution in [3.8, 4) is 0 Å². The van der Waals surface area contributed by atoms with Gasteiger partial charge < -0.3 is 4.74 Å². The average Bonchev–Trinajstić information content (AvgIpc) is 2.92. The monoisotopic (exact) mass is 396 g/mol. The number of carbonyl (C=O) groups excluding carboxylic acids is 1. The molecule has 1 aliphatic heterocycles. The van der Waals surface area contributed by atoms with Crippen molar-refractivity contribution >= 4 is 52.2 Å². The van der Waals surface area contributed by atoms with Gasteiger partial charge in [0.15, 0.2) is 5.71 Å². The Balaban J connectivity index is 2.10. The van der Waals surface area contributed by atoms with Gasteiger partial charge >= 0.3 is 5.97 Å². The highest BCUT2D eigenvalue weighted by molar-refractivity contribution is 6.39. The van der Waals surface area contributed by atoms with Gasteiger partial charge in [0.05, 0.1) is 23.9 Å². The van der Waals surface area contributed by atoms with Crippen LogP contribution in [0.5, 0.6) is 0 Å². The molecule has 0 amide bonds. The normalized spacial score (nSPS) is 19.7. The van der Waals surface area contributed by atoms with E-state index >= 15 is 0 Å². The summed E-state index contributed by atoms with van der Waals surface area (Å²) < 4.78 is 4.87. The number of esters is 1. The Kier molecular flexibility index (Phi) is 5.23. The zero-order valence-corrected chi connectivity index (χ0v) is 15.8. The number of hydrogen-bond donors (Lipinski definition) is 0. The van der Waals surface area contributed by atoms with Crippen molar-refractivity contribution in [2.75, 3.05) is 12.1 Å². The molecule has 0 radical (unpaired) electrons. The van der Waals surface area contributed by atoms with Crippen molar-refractivity contribution < 1.29 is 9.53 Å². The van der Waals surface area contributed by atoms with Crippen molar-refractivity contribution in [3.63, 3.8) is 0 Å².